The molecular weight excluding hydrogens is 286 g/mol. The summed E-state index contributed by atoms with van der Waals surface area (Å²) in [6, 6.07) is 12.4. The normalized spacial score (nSPS) is 14.0. The second-order valence-corrected chi connectivity index (χ2v) is 6.88. The highest BCUT2D eigenvalue weighted by Gasteiger charge is 2.23. The van der Waals surface area contributed by atoms with Crippen molar-refractivity contribution in [3.05, 3.63) is 46.2 Å². The molecule has 1 aromatic carbocycles. The van der Waals surface area contributed by atoms with E-state index in [1.165, 1.54) is 9.75 Å². The van der Waals surface area contributed by atoms with Crippen LogP contribution in [0, 0.1) is 6.92 Å². The number of rotatable bonds is 6. The predicted octanol–water partition coefficient (Wildman–Crippen LogP) is 4.64. The van der Waals surface area contributed by atoms with Crippen LogP contribution in [0.2, 0.25) is 0 Å². The van der Waals surface area contributed by atoms with E-state index in [0.29, 0.717) is 0 Å². The highest BCUT2D eigenvalue weighted by atomic mass is 32.2. The van der Waals surface area contributed by atoms with Gasteiger partial charge in [-0.15, -0.1) is 23.1 Å². The van der Waals surface area contributed by atoms with Crippen LogP contribution in [0.25, 0.3) is 0 Å². The minimum Gasteiger partial charge on any atom is -0.482 e. The molecule has 20 heavy (non-hydrogen) atoms. The van der Waals surface area contributed by atoms with Crippen molar-refractivity contribution in [1.82, 2.24) is 0 Å². The van der Waals surface area contributed by atoms with E-state index in [4.69, 9.17) is 10.5 Å². The molecule has 0 saturated heterocycles. The zero-order valence-corrected chi connectivity index (χ0v) is 13.8. The third-order valence-corrected chi connectivity index (χ3v) is 5.06. The van der Waals surface area contributed by atoms with Crippen LogP contribution in [-0.2, 0) is 0 Å². The Morgan fingerprint density at radius 2 is 2.00 bits per heavy atom. The van der Waals surface area contributed by atoms with E-state index < -0.39 is 0 Å². The number of hydrogen-bond donors (Lipinski definition) is 1. The lowest BCUT2D eigenvalue weighted by Gasteiger charge is -2.24. The summed E-state index contributed by atoms with van der Waals surface area (Å²) in [5, 5.41) is 0. The van der Waals surface area contributed by atoms with E-state index >= 15 is 0 Å². The van der Waals surface area contributed by atoms with Gasteiger partial charge in [0, 0.05) is 20.7 Å². The average molecular weight is 307 g/mol. The molecule has 2 N–H and O–H groups in total. The van der Waals surface area contributed by atoms with Gasteiger partial charge >= 0.3 is 0 Å². The monoisotopic (exact) mass is 307 g/mol. The van der Waals surface area contributed by atoms with Crippen LogP contribution in [-0.4, -0.2) is 12.3 Å². The van der Waals surface area contributed by atoms with Crippen molar-refractivity contribution in [3.8, 4) is 5.75 Å². The molecule has 0 aliphatic carbocycles. The number of thiophene rings is 1. The van der Waals surface area contributed by atoms with Gasteiger partial charge in [-0.05, 0) is 43.9 Å². The van der Waals surface area contributed by atoms with Gasteiger partial charge in [0.05, 0.1) is 0 Å². The maximum absolute atomic E-state index is 6.27. The lowest BCUT2D eigenvalue weighted by atomic mass is 10.1. The summed E-state index contributed by atoms with van der Waals surface area (Å²) in [6.07, 6.45) is 2.88. The topological polar surface area (TPSA) is 35.2 Å². The van der Waals surface area contributed by atoms with Gasteiger partial charge in [0.2, 0.25) is 0 Å². The molecule has 0 spiro atoms. The molecule has 2 unspecified atom stereocenters. The Morgan fingerprint density at radius 1 is 1.25 bits per heavy atom. The first kappa shape index (κ1) is 15.4. The summed E-state index contributed by atoms with van der Waals surface area (Å²) in [6.45, 7) is 4.21. The van der Waals surface area contributed by atoms with Gasteiger partial charge in [-0.3, -0.25) is 0 Å². The number of thioether (sulfide) groups is 1. The quantitative estimate of drug-likeness (QED) is 0.790. The summed E-state index contributed by atoms with van der Waals surface area (Å²) in [7, 11) is 0. The molecule has 2 rings (SSSR count). The second-order valence-electron chi connectivity index (χ2n) is 4.71. The van der Waals surface area contributed by atoms with Crippen molar-refractivity contribution >= 4 is 23.1 Å². The number of benzene rings is 1. The zero-order valence-electron chi connectivity index (χ0n) is 12.1. The van der Waals surface area contributed by atoms with Gasteiger partial charge in [0.25, 0.3) is 0 Å². The van der Waals surface area contributed by atoms with Crippen molar-refractivity contribution in [1.29, 1.82) is 0 Å². The van der Waals surface area contributed by atoms with Gasteiger partial charge in [-0.2, -0.15) is 0 Å². The lowest BCUT2D eigenvalue weighted by molar-refractivity contribution is 0.170. The van der Waals surface area contributed by atoms with Crippen molar-refractivity contribution in [3.63, 3.8) is 0 Å². The Morgan fingerprint density at radius 3 is 2.60 bits per heavy atom. The fourth-order valence-corrected chi connectivity index (χ4v) is 3.54. The van der Waals surface area contributed by atoms with E-state index in [1.807, 2.05) is 18.2 Å². The fraction of sp³-hybridized carbons (Fsp3) is 0.375. The molecule has 108 valence electrons. The van der Waals surface area contributed by atoms with E-state index in [9.17, 15) is 0 Å². The Labute approximate surface area is 129 Å². The van der Waals surface area contributed by atoms with Crippen LogP contribution < -0.4 is 10.5 Å². The van der Waals surface area contributed by atoms with Crippen molar-refractivity contribution in [2.75, 3.05) is 6.26 Å². The van der Waals surface area contributed by atoms with Gasteiger partial charge in [0.15, 0.2) is 0 Å². The summed E-state index contributed by atoms with van der Waals surface area (Å²) >= 11 is 3.46. The highest BCUT2D eigenvalue weighted by molar-refractivity contribution is 7.98. The fourth-order valence-electron chi connectivity index (χ4n) is 2.03. The smallest absolute Gasteiger partial charge is 0.148 e. The predicted molar refractivity (Wildman–Crippen MR) is 88.9 cm³/mol. The van der Waals surface area contributed by atoms with Crippen LogP contribution in [0.5, 0.6) is 5.75 Å². The van der Waals surface area contributed by atoms with Crippen LogP contribution >= 0.6 is 23.1 Å². The standard InChI is InChI=1S/C16H21NOS2/c1-4-12(17)16(15-10-9-11(2)20-15)18-13-7-5-6-8-14(13)19-3/h5-10,12,16H,4,17H2,1-3H3. The van der Waals surface area contributed by atoms with E-state index in [-0.39, 0.29) is 12.1 Å². The molecule has 0 aliphatic heterocycles. The molecule has 1 aromatic heterocycles. The minimum absolute atomic E-state index is 0.00274. The van der Waals surface area contributed by atoms with Gasteiger partial charge in [-0.1, -0.05) is 19.1 Å². The van der Waals surface area contributed by atoms with E-state index in [0.717, 1.165) is 17.1 Å². The van der Waals surface area contributed by atoms with E-state index in [2.05, 4.69) is 38.3 Å². The molecule has 0 fully saturated rings. The third kappa shape index (κ3) is 3.57. The average Bonchev–Trinajstić information content (AvgIpc) is 2.90. The highest BCUT2D eigenvalue weighted by Crippen LogP contribution is 2.34. The SMILES string of the molecule is CCC(N)C(Oc1ccccc1SC)c1ccc(C)s1. The van der Waals surface area contributed by atoms with E-state index in [1.54, 1.807) is 23.1 Å². The number of nitrogens with two attached hydrogens (primary N) is 1. The Bertz CT molecular complexity index is 553. The first-order chi connectivity index (χ1) is 9.65. The van der Waals surface area contributed by atoms with Crippen molar-refractivity contribution in [2.45, 2.75) is 37.3 Å². The molecule has 1 heterocycles. The molecule has 4 heteroatoms. The third-order valence-electron chi connectivity index (χ3n) is 3.22. The molecule has 2 aromatic rings. The molecule has 0 amide bonds. The first-order valence-corrected chi connectivity index (χ1v) is 8.81. The molecule has 2 nitrogen and oxygen atoms in total. The second kappa shape index (κ2) is 7.16. The number of aryl methyl sites for hydroxylation is 1. The van der Waals surface area contributed by atoms with Gasteiger partial charge in [-0.25, -0.2) is 0 Å². The number of ether oxygens (including phenoxy) is 1. The first-order valence-electron chi connectivity index (χ1n) is 6.77. The molecule has 0 bridgehead atoms. The van der Waals surface area contributed by atoms with Gasteiger partial charge < -0.3 is 10.5 Å². The van der Waals surface area contributed by atoms with Crippen LogP contribution in [0.1, 0.15) is 29.2 Å². The van der Waals surface area contributed by atoms with Crippen molar-refractivity contribution < 1.29 is 4.74 Å². The number of para-hydroxylation sites is 1. The van der Waals surface area contributed by atoms with Crippen LogP contribution in [0.15, 0.2) is 41.3 Å². The molecule has 0 saturated carbocycles. The molecule has 2 atom stereocenters. The summed E-state index contributed by atoms with van der Waals surface area (Å²) < 4.78 is 6.25. The largest absolute Gasteiger partial charge is 0.482 e. The maximum atomic E-state index is 6.27. The maximum Gasteiger partial charge on any atom is 0.148 e. The van der Waals surface area contributed by atoms with Crippen LogP contribution in [0.3, 0.4) is 0 Å². The Balaban J connectivity index is 2.28. The summed E-state index contributed by atoms with van der Waals surface area (Å²) in [5.74, 6) is 0.917. The minimum atomic E-state index is -0.0769. The zero-order chi connectivity index (χ0) is 14.5. The molecule has 0 radical (unpaired) electrons. The van der Waals surface area contributed by atoms with Gasteiger partial charge in [0.1, 0.15) is 11.9 Å². The number of hydrogen-bond acceptors (Lipinski definition) is 4. The Kier molecular flexibility index (Phi) is 5.52. The lowest BCUT2D eigenvalue weighted by Crippen LogP contribution is -2.31. The van der Waals surface area contributed by atoms with Crippen LogP contribution in [0.4, 0.5) is 0 Å². The Hall–Kier alpha value is -0.970. The molecular formula is C16H21NOS2. The summed E-state index contributed by atoms with van der Waals surface area (Å²) in [4.78, 5) is 3.64. The van der Waals surface area contributed by atoms with Crippen molar-refractivity contribution in [2.24, 2.45) is 5.73 Å². The molecule has 0 aliphatic rings. The summed E-state index contributed by atoms with van der Waals surface area (Å²) in [5.41, 5.74) is 6.27.